The van der Waals surface area contributed by atoms with E-state index in [1.807, 2.05) is 12.1 Å². The van der Waals surface area contributed by atoms with Gasteiger partial charge in [0.25, 0.3) is 5.56 Å². The first kappa shape index (κ1) is 18.9. The molecule has 0 amide bonds. The number of rotatable bonds is 5. The van der Waals surface area contributed by atoms with Gasteiger partial charge in [0.05, 0.1) is 28.8 Å². The summed E-state index contributed by atoms with van der Waals surface area (Å²) in [5.74, 6) is 0.513. The summed E-state index contributed by atoms with van der Waals surface area (Å²) in [7, 11) is 0. The fourth-order valence-corrected chi connectivity index (χ4v) is 3.01. The molecule has 0 atom stereocenters. The quantitative estimate of drug-likeness (QED) is 0.524. The first-order valence-electron chi connectivity index (χ1n) is 9.15. The highest BCUT2D eigenvalue weighted by atomic mass is 16.5. The molecule has 4 rings (SSSR count). The van der Waals surface area contributed by atoms with Crippen molar-refractivity contribution in [2.45, 2.75) is 6.61 Å². The molecule has 0 aliphatic heterocycles. The van der Waals surface area contributed by atoms with E-state index in [-0.39, 0.29) is 6.61 Å². The van der Waals surface area contributed by atoms with E-state index in [4.69, 9.17) is 4.74 Å². The van der Waals surface area contributed by atoms with Crippen molar-refractivity contribution in [2.24, 2.45) is 5.10 Å². The second-order valence-electron chi connectivity index (χ2n) is 6.43. The molecule has 7 heteroatoms. The van der Waals surface area contributed by atoms with Crippen molar-refractivity contribution < 1.29 is 4.74 Å². The summed E-state index contributed by atoms with van der Waals surface area (Å²) in [6.07, 6.45) is 1.40. The Morgan fingerprint density at radius 2 is 1.73 bits per heavy atom. The fourth-order valence-electron chi connectivity index (χ4n) is 3.01. The van der Waals surface area contributed by atoms with E-state index in [0.29, 0.717) is 27.8 Å². The SMILES string of the molecule is N#Cc1ccccc1COc1ccccc1C=Nn1c(=O)[nH]c2ccccc2c1=O. The summed E-state index contributed by atoms with van der Waals surface area (Å²) in [5, 5.41) is 13.7. The number of nitrogens with one attached hydrogen (secondary N) is 1. The number of H-pyrrole nitrogens is 1. The molecule has 0 aliphatic rings. The number of para-hydroxylation sites is 2. The van der Waals surface area contributed by atoms with Gasteiger partial charge in [-0.2, -0.15) is 10.4 Å². The molecule has 0 saturated carbocycles. The average Bonchev–Trinajstić information content (AvgIpc) is 2.78. The number of nitriles is 1. The summed E-state index contributed by atoms with van der Waals surface area (Å²) < 4.78 is 6.65. The summed E-state index contributed by atoms with van der Waals surface area (Å²) in [4.78, 5) is 27.5. The van der Waals surface area contributed by atoms with Crippen LogP contribution in [0.15, 0.2) is 87.5 Å². The van der Waals surface area contributed by atoms with Gasteiger partial charge in [-0.05, 0) is 30.3 Å². The van der Waals surface area contributed by atoms with Crippen LogP contribution < -0.4 is 16.0 Å². The number of nitrogens with zero attached hydrogens (tertiary/aromatic N) is 3. The van der Waals surface area contributed by atoms with Crippen molar-refractivity contribution >= 4 is 17.1 Å². The maximum atomic E-state index is 12.6. The van der Waals surface area contributed by atoms with Crippen LogP contribution >= 0.6 is 0 Å². The van der Waals surface area contributed by atoms with Gasteiger partial charge in [0, 0.05) is 11.1 Å². The Morgan fingerprint density at radius 3 is 2.60 bits per heavy atom. The molecule has 0 aliphatic carbocycles. The maximum Gasteiger partial charge on any atom is 0.349 e. The smallest absolute Gasteiger partial charge is 0.349 e. The van der Waals surface area contributed by atoms with Gasteiger partial charge in [0.15, 0.2) is 0 Å². The summed E-state index contributed by atoms with van der Waals surface area (Å²) in [5.41, 5.74) is 1.21. The number of aromatic amines is 1. The molecule has 30 heavy (non-hydrogen) atoms. The third-order valence-electron chi connectivity index (χ3n) is 4.54. The van der Waals surface area contributed by atoms with Crippen molar-refractivity contribution in [3.8, 4) is 11.8 Å². The van der Waals surface area contributed by atoms with Crippen molar-refractivity contribution in [3.05, 3.63) is 110 Å². The van der Waals surface area contributed by atoms with Crippen LogP contribution in [0.3, 0.4) is 0 Å². The lowest BCUT2D eigenvalue weighted by atomic mass is 10.1. The van der Waals surface area contributed by atoms with Crippen LogP contribution in [-0.4, -0.2) is 15.9 Å². The molecule has 3 aromatic carbocycles. The number of benzene rings is 3. The van der Waals surface area contributed by atoms with Gasteiger partial charge in [-0.3, -0.25) is 4.79 Å². The molecule has 0 bridgehead atoms. The normalized spacial score (nSPS) is 10.9. The zero-order chi connectivity index (χ0) is 20.9. The van der Waals surface area contributed by atoms with E-state index in [9.17, 15) is 14.9 Å². The standard InChI is InChI=1S/C23H16N4O3/c24-13-16-7-1-2-9-18(16)15-30-21-12-6-3-8-17(21)14-25-27-22(28)19-10-4-5-11-20(19)26-23(27)29/h1-12,14H,15H2,(H,26,29). The Balaban J connectivity index is 1.65. The number of hydrogen-bond donors (Lipinski definition) is 1. The third kappa shape index (κ3) is 3.75. The van der Waals surface area contributed by atoms with Gasteiger partial charge in [0.2, 0.25) is 0 Å². The molecule has 4 aromatic rings. The van der Waals surface area contributed by atoms with E-state index in [1.54, 1.807) is 60.7 Å². The topological polar surface area (TPSA) is 100 Å². The Bertz CT molecular complexity index is 1410. The first-order chi connectivity index (χ1) is 14.7. The van der Waals surface area contributed by atoms with E-state index in [2.05, 4.69) is 16.2 Å². The highest BCUT2D eigenvalue weighted by Gasteiger charge is 2.07. The number of hydrogen-bond acceptors (Lipinski definition) is 5. The molecular formula is C23H16N4O3. The van der Waals surface area contributed by atoms with Gasteiger partial charge in [-0.1, -0.05) is 42.5 Å². The van der Waals surface area contributed by atoms with E-state index >= 15 is 0 Å². The van der Waals surface area contributed by atoms with Crippen molar-refractivity contribution in [3.63, 3.8) is 0 Å². The van der Waals surface area contributed by atoms with Crippen molar-refractivity contribution in [2.75, 3.05) is 0 Å². The van der Waals surface area contributed by atoms with Gasteiger partial charge >= 0.3 is 5.69 Å². The van der Waals surface area contributed by atoms with Crippen LogP contribution in [0.25, 0.3) is 10.9 Å². The molecule has 1 N–H and O–H groups in total. The van der Waals surface area contributed by atoms with Crippen molar-refractivity contribution in [1.29, 1.82) is 5.26 Å². The van der Waals surface area contributed by atoms with E-state index in [1.165, 1.54) is 6.21 Å². The summed E-state index contributed by atoms with van der Waals surface area (Å²) >= 11 is 0. The van der Waals surface area contributed by atoms with Crippen LogP contribution in [0.4, 0.5) is 0 Å². The Labute approximate surface area is 171 Å². The minimum Gasteiger partial charge on any atom is -0.488 e. The predicted octanol–water partition coefficient (Wildman–Crippen LogP) is 3.02. The Kier molecular flexibility index (Phi) is 5.22. The molecule has 146 valence electrons. The highest BCUT2D eigenvalue weighted by Crippen LogP contribution is 2.19. The lowest BCUT2D eigenvalue weighted by molar-refractivity contribution is 0.305. The molecule has 0 unspecified atom stereocenters. The number of ether oxygens (including phenoxy) is 1. The molecule has 0 spiro atoms. The summed E-state index contributed by atoms with van der Waals surface area (Å²) in [6.45, 7) is 0.199. The molecule has 1 heterocycles. The second-order valence-corrected chi connectivity index (χ2v) is 6.43. The van der Waals surface area contributed by atoms with Crippen LogP contribution in [0, 0.1) is 11.3 Å². The highest BCUT2D eigenvalue weighted by molar-refractivity contribution is 5.83. The van der Waals surface area contributed by atoms with Gasteiger partial charge in [-0.25, -0.2) is 4.79 Å². The maximum absolute atomic E-state index is 12.6. The predicted molar refractivity (Wildman–Crippen MR) is 114 cm³/mol. The van der Waals surface area contributed by atoms with Gasteiger partial charge in [0.1, 0.15) is 12.4 Å². The van der Waals surface area contributed by atoms with Crippen LogP contribution in [-0.2, 0) is 6.61 Å². The Hall–Kier alpha value is -4.44. The molecule has 0 fully saturated rings. The van der Waals surface area contributed by atoms with E-state index < -0.39 is 11.2 Å². The van der Waals surface area contributed by atoms with E-state index in [0.717, 1.165) is 10.2 Å². The monoisotopic (exact) mass is 396 g/mol. The van der Waals surface area contributed by atoms with Crippen LogP contribution in [0.1, 0.15) is 16.7 Å². The van der Waals surface area contributed by atoms with Gasteiger partial charge in [-0.15, -0.1) is 4.68 Å². The van der Waals surface area contributed by atoms with Gasteiger partial charge < -0.3 is 9.72 Å². The zero-order valence-electron chi connectivity index (χ0n) is 15.8. The molecule has 7 nitrogen and oxygen atoms in total. The third-order valence-corrected chi connectivity index (χ3v) is 4.54. The lowest BCUT2D eigenvalue weighted by Gasteiger charge is -2.10. The van der Waals surface area contributed by atoms with Crippen LogP contribution in [0.2, 0.25) is 0 Å². The average molecular weight is 396 g/mol. The lowest BCUT2D eigenvalue weighted by Crippen LogP contribution is -2.32. The van der Waals surface area contributed by atoms with Crippen LogP contribution in [0.5, 0.6) is 5.75 Å². The zero-order valence-corrected chi connectivity index (χ0v) is 15.8. The fraction of sp³-hybridized carbons (Fsp3) is 0.0435. The number of fused-ring (bicyclic) bond motifs is 1. The van der Waals surface area contributed by atoms with Crippen molar-refractivity contribution in [1.82, 2.24) is 9.66 Å². The molecule has 0 saturated heterocycles. The largest absolute Gasteiger partial charge is 0.488 e. The summed E-state index contributed by atoms with van der Waals surface area (Å²) in [6, 6.07) is 23.2. The number of aromatic nitrogens is 2. The first-order valence-corrected chi connectivity index (χ1v) is 9.15. The minimum atomic E-state index is -0.628. The Morgan fingerprint density at radius 1 is 1.00 bits per heavy atom. The molecule has 1 aromatic heterocycles. The second kappa shape index (κ2) is 8.29. The molecular weight excluding hydrogens is 380 g/mol. The minimum absolute atomic E-state index is 0.199. The molecule has 0 radical (unpaired) electrons.